The third-order valence-electron chi connectivity index (χ3n) is 9.16. The maximum Gasteiger partial charge on any atom is 0.256 e. The fraction of sp³-hybridized carbons (Fsp3) is 0.231. The van der Waals surface area contributed by atoms with Crippen molar-refractivity contribution in [3.63, 3.8) is 0 Å². The van der Waals surface area contributed by atoms with Gasteiger partial charge in [-0.2, -0.15) is 0 Å². The molecular weight excluding hydrogens is 598 g/mol. The van der Waals surface area contributed by atoms with Crippen LogP contribution in [0.15, 0.2) is 72.8 Å². The number of amides is 2. The molecule has 0 aromatic heterocycles. The van der Waals surface area contributed by atoms with Gasteiger partial charge in [0.2, 0.25) is 0 Å². The largest absolute Gasteiger partial charge is 0.496 e. The van der Waals surface area contributed by atoms with Gasteiger partial charge in [0.25, 0.3) is 11.8 Å². The zero-order valence-corrected chi connectivity index (χ0v) is 26.0. The van der Waals surface area contributed by atoms with Crippen LogP contribution in [0.4, 0.5) is 20.2 Å². The quantitative estimate of drug-likeness (QED) is 0.221. The van der Waals surface area contributed by atoms with Gasteiger partial charge in [-0.25, -0.2) is 8.78 Å². The number of benzene rings is 4. The molecule has 0 atom stereocenters. The van der Waals surface area contributed by atoms with Crippen LogP contribution in [-0.2, 0) is 16.0 Å². The van der Waals surface area contributed by atoms with Crippen molar-refractivity contribution < 1.29 is 27.8 Å². The van der Waals surface area contributed by atoms with Gasteiger partial charge in [-0.15, -0.1) is 0 Å². The molecule has 4 aliphatic rings. The molecule has 8 heteroatoms. The average molecular weight is 633 g/mol. The number of carbonyl (C=O) groups excluding carboxylic acids is 2. The summed E-state index contributed by atoms with van der Waals surface area (Å²) in [6.45, 7) is 0.698. The van der Waals surface area contributed by atoms with Gasteiger partial charge in [0.1, 0.15) is 23.1 Å². The van der Waals surface area contributed by atoms with Crippen LogP contribution in [0.5, 0.6) is 11.5 Å². The molecule has 8 rings (SSSR count). The zero-order chi connectivity index (χ0) is 32.5. The topological polar surface area (TPSA) is 76.7 Å². The lowest BCUT2D eigenvalue weighted by atomic mass is 9.83. The number of halogens is 2. The minimum absolute atomic E-state index is 0.194. The van der Waals surface area contributed by atoms with Gasteiger partial charge in [0.05, 0.1) is 13.7 Å². The predicted molar refractivity (Wildman–Crippen MR) is 180 cm³/mol. The van der Waals surface area contributed by atoms with E-state index in [1.54, 1.807) is 25.3 Å². The highest BCUT2D eigenvalue weighted by atomic mass is 19.1. The number of rotatable bonds is 4. The first-order chi connectivity index (χ1) is 22.9. The summed E-state index contributed by atoms with van der Waals surface area (Å²) in [6, 6.07) is 20.5. The highest BCUT2D eigenvalue weighted by Crippen LogP contribution is 2.40. The normalized spacial score (nSPS) is 18.1. The number of ether oxygens (including phenoxy) is 2. The molecule has 4 aromatic carbocycles. The highest BCUT2D eigenvalue weighted by molar-refractivity contribution is 6.35. The van der Waals surface area contributed by atoms with Gasteiger partial charge in [-0.05, 0) is 114 Å². The zero-order valence-electron chi connectivity index (χ0n) is 26.0. The van der Waals surface area contributed by atoms with Gasteiger partial charge >= 0.3 is 0 Å². The first-order valence-electron chi connectivity index (χ1n) is 16.0. The van der Waals surface area contributed by atoms with Gasteiger partial charge in [0.15, 0.2) is 0 Å². The maximum absolute atomic E-state index is 13.6. The summed E-state index contributed by atoms with van der Waals surface area (Å²) in [4.78, 5) is 24.4. The van der Waals surface area contributed by atoms with E-state index in [0.717, 1.165) is 34.6 Å². The number of hydrogen-bond acceptors (Lipinski definition) is 4. The lowest BCUT2D eigenvalue weighted by Gasteiger charge is -2.24. The van der Waals surface area contributed by atoms with Crippen LogP contribution in [0.25, 0.3) is 23.3 Å². The number of methoxy groups -OCH3 is 1. The molecule has 0 unspecified atom stereocenters. The third-order valence-corrected chi connectivity index (χ3v) is 9.16. The van der Waals surface area contributed by atoms with Crippen LogP contribution < -0.4 is 20.1 Å². The van der Waals surface area contributed by atoms with E-state index in [-0.39, 0.29) is 23.4 Å². The van der Waals surface area contributed by atoms with Crippen LogP contribution in [0.1, 0.15) is 71.4 Å². The van der Waals surface area contributed by atoms with E-state index in [4.69, 9.17) is 9.47 Å². The van der Waals surface area contributed by atoms with Crippen LogP contribution in [-0.4, -0.2) is 25.5 Å². The Morgan fingerprint density at radius 3 is 1.96 bits per heavy atom. The Hall–Kier alpha value is -5.24. The Morgan fingerprint density at radius 1 is 0.745 bits per heavy atom. The summed E-state index contributed by atoms with van der Waals surface area (Å²) in [6.07, 6.45) is 10.6. The van der Waals surface area contributed by atoms with Crippen molar-refractivity contribution in [2.24, 2.45) is 0 Å². The predicted octanol–water partition coefficient (Wildman–Crippen LogP) is 8.63. The number of carbonyl (C=O) groups is 2. The second-order valence-electron chi connectivity index (χ2n) is 12.2. The van der Waals surface area contributed by atoms with Crippen LogP contribution in [0.3, 0.4) is 0 Å². The first-order valence-corrected chi connectivity index (χ1v) is 16.0. The molecular formula is C39H34F2N2O4. The van der Waals surface area contributed by atoms with Crippen molar-refractivity contribution in [1.82, 2.24) is 0 Å². The lowest BCUT2D eigenvalue weighted by Crippen LogP contribution is -2.07. The molecule has 1 aliphatic carbocycles. The molecule has 3 aliphatic heterocycles. The average Bonchev–Trinajstić information content (AvgIpc) is 3.77. The van der Waals surface area contributed by atoms with Crippen LogP contribution in [0.2, 0.25) is 0 Å². The van der Waals surface area contributed by atoms with E-state index >= 15 is 0 Å². The third kappa shape index (κ3) is 6.28. The first kappa shape index (κ1) is 30.4. The molecule has 238 valence electrons. The summed E-state index contributed by atoms with van der Waals surface area (Å²) >= 11 is 0. The Balaban J connectivity index is 0.000000153. The van der Waals surface area contributed by atoms with E-state index in [2.05, 4.69) is 16.7 Å². The summed E-state index contributed by atoms with van der Waals surface area (Å²) in [5.74, 6) is 1.22. The second-order valence-corrected chi connectivity index (χ2v) is 12.2. The van der Waals surface area contributed by atoms with Gasteiger partial charge in [-0.1, -0.05) is 31.4 Å². The molecule has 1 saturated carbocycles. The smallest absolute Gasteiger partial charge is 0.256 e. The van der Waals surface area contributed by atoms with E-state index in [9.17, 15) is 18.4 Å². The molecule has 0 bridgehead atoms. The molecule has 6 nitrogen and oxygen atoms in total. The Bertz CT molecular complexity index is 1960. The summed E-state index contributed by atoms with van der Waals surface area (Å²) in [5, 5.41) is 5.55. The second kappa shape index (κ2) is 12.9. The summed E-state index contributed by atoms with van der Waals surface area (Å²) < 4.78 is 38.1. The Morgan fingerprint density at radius 2 is 1.34 bits per heavy atom. The fourth-order valence-corrected chi connectivity index (χ4v) is 6.81. The number of nitrogens with one attached hydrogen (secondary N) is 2. The standard InChI is InChI=1S/C22H22FNO2.C17H12FNO2/c1-26-21-10-7-14(11-17(21)15-5-3-2-4-6-15)12-19-18-13-16(23)8-9-20(18)24-22(19)25;18-12-2-3-15-13(9-12)14(17(20)19-15)8-10-1-4-16-11(7-10)5-6-21-16/h7-13,15H,2-6H2,1H3,(H,24,25);1-4,7-9H,5-6H2,(H,19,20). The molecule has 0 spiro atoms. The van der Waals surface area contributed by atoms with Crippen molar-refractivity contribution in [1.29, 1.82) is 0 Å². The SMILES string of the molecule is COc1ccc(C=C2C(=O)Nc3ccc(F)cc32)cc1C1CCCCC1.O=C1Nc2ccc(F)cc2C1=Cc1ccc2c(c1)CCO2. The van der Waals surface area contributed by atoms with Gasteiger partial charge in [0, 0.05) is 40.1 Å². The summed E-state index contributed by atoms with van der Waals surface area (Å²) in [7, 11) is 1.70. The molecule has 1 fully saturated rings. The Kier molecular flexibility index (Phi) is 8.33. The van der Waals surface area contributed by atoms with Crippen molar-refractivity contribution in [3.05, 3.63) is 118 Å². The maximum atomic E-state index is 13.6. The van der Waals surface area contributed by atoms with Crippen molar-refractivity contribution >= 4 is 46.5 Å². The van der Waals surface area contributed by atoms with Gasteiger partial charge < -0.3 is 20.1 Å². The number of fused-ring (bicyclic) bond motifs is 3. The molecule has 0 saturated heterocycles. The van der Waals surface area contributed by atoms with Crippen molar-refractivity contribution in [3.8, 4) is 11.5 Å². The molecule has 2 amide bonds. The van der Waals surface area contributed by atoms with Crippen molar-refractivity contribution in [2.75, 3.05) is 24.4 Å². The monoisotopic (exact) mass is 632 g/mol. The summed E-state index contributed by atoms with van der Waals surface area (Å²) in [5.41, 5.74) is 7.72. The van der Waals surface area contributed by atoms with Crippen LogP contribution in [0, 0.1) is 11.6 Å². The molecule has 47 heavy (non-hydrogen) atoms. The minimum atomic E-state index is -0.349. The van der Waals surface area contributed by atoms with E-state index in [1.165, 1.54) is 61.9 Å². The van der Waals surface area contributed by atoms with Gasteiger partial charge in [-0.3, -0.25) is 9.59 Å². The van der Waals surface area contributed by atoms with Crippen LogP contribution >= 0.6 is 0 Å². The van der Waals surface area contributed by atoms with E-state index in [0.29, 0.717) is 46.2 Å². The van der Waals surface area contributed by atoms with Crippen molar-refractivity contribution in [2.45, 2.75) is 44.4 Å². The molecule has 3 heterocycles. The molecule has 2 N–H and O–H groups in total. The minimum Gasteiger partial charge on any atom is -0.496 e. The fourth-order valence-electron chi connectivity index (χ4n) is 6.81. The number of hydrogen-bond donors (Lipinski definition) is 2. The van der Waals surface area contributed by atoms with E-state index < -0.39 is 0 Å². The molecule has 4 aromatic rings. The highest BCUT2D eigenvalue weighted by Gasteiger charge is 2.26. The molecule has 0 radical (unpaired) electrons. The number of anilines is 2. The Labute approximate surface area is 272 Å². The lowest BCUT2D eigenvalue weighted by molar-refractivity contribution is -0.111. The van der Waals surface area contributed by atoms with E-state index in [1.807, 2.05) is 36.4 Å².